The van der Waals surface area contributed by atoms with E-state index in [0.717, 1.165) is 10.1 Å². The van der Waals surface area contributed by atoms with Gasteiger partial charge in [-0.15, -0.1) is 11.3 Å². The van der Waals surface area contributed by atoms with Gasteiger partial charge in [0.1, 0.15) is 11.0 Å². The molecule has 2 N–H and O–H groups in total. The Hall–Kier alpha value is -3.74. The molecule has 37 heavy (non-hydrogen) atoms. The lowest BCUT2D eigenvalue weighted by Crippen LogP contribution is -2.29. The summed E-state index contributed by atoms with van der Waals surface area (Å²) in [6.45, 7) is 5.01. The van der Waals surface area contributed by atoms with Crippen LogP contribution in [0.2, 0.25) is 5.28 Å². The molecule has 5 heterocycles. The molecule has 190 valence electrons. The lowest BCUT2D eigenvalue weighted by atomic mass is 10.1. The molecule has 0 radical (unpaired) electrons. The molecule has 1 fully saturated rings. The third kappa shape index (κ3) is 4.70. The van der Waals surface area contributed by atoms with Gasteiger partial charge in [0.05, 0.1) is 41.6 Å². The first kappa shape index (κ1) is 24.9. The van der Waals surface area contributed by atoms with Crippen molar-refractivity contribution in [3.63, 3.8) is 0 Å². The van der Waals surface area contributed by atoms with Gasteiger partial charge in [0, 0.05) is 29.0 Å². The van der Waals surface area contributed by atoms with E-state index < -0.39 is 6.10 Å². The molecule has 2 amide bonds. The zero-order valence-corrected chi connectivity index (χ0v) is 21.5. The second kappa shape index (κ2) is 10.3. The van der Waals surface area contributed by atoms with Crippen molar-refractivity contribution in [1.82, 2.24) is 24.8 Å². The van der Waals surface area contributed by atoms with E-state index in [1.807, 2.05) is 19.9 Å². The Morgan fingerprint density at radius 2 is 2.05 bits per heavy atom. The van der Waals surface area contributed by atoms with E-state index in [9.17, 15) is 14.7 Å². The lowest BCUT2D eigenvalue weighted by Gasteiger charge is -2.17. The largest absolute Gasteiger partial charge is 0.418 e. The fourth-order valence-electron chi connectivity index (χ4n) is 4.11. The van der Waals surface area contributed by atoms with E-state index in [0.29, 0.717) is 46.7 Å². The smallest absolute Gasteiger partial charge is 0.288 e. The van der Waals surface area contributed by atoms with Crippen LogP contribution in [0.25, 0.3) is 21.1 Å². The third-order valence-corrected chi connectivity index (χ3v) is 7.07. The first-order valence-electron chi connectivity index (χ1n) is 11.7. The van der Waals surface area contributed by atoms with Crippen LogP contribution in [0, 0.1) is 0 Å². The Morgan fingerprint density at radius 1 is 1.22 bits per heavy atom. The minimum absolute atomic E-state index is 0.0223. The minimum Gasteiger partial charge on any atom is -0.418 e. The Balaban J connectivity index is 0.00000137. The van der Waals surface area contributed by atoms with E-state index >= 15 is 0 Å². The minimum atomic E-state index is -1.00. The molecular weight excluding hydrogens is 518 g/mol. The summed E-state index contributed by atoms with van der Waals surface area (Å²) in [6, 6.07) is 3.69. The number of carbonyl (C=O) groups is 2. The van der Waals surface area contributed by atoms with Gasteiger partial charge in [-0.25, -0.2) is 19.9 Å². The van der Waals surface area contributed by atoms with Crippen LogP contribution in [0.5, 0.6) is 11.8 Å². The molecule has 3 aromatic heterocycles. The maximum Gasteiger partial charge on any atom is 0.288 e. The molecule has 1 saturated heterocycles. The zero-order chi connectivity index (χ0) is 26.1. The van der Waals surface area contributed by atoms with Gasteiger partial charge < -0.3 is 20.1 Å². The van der Waals surface area contributed by atoms with Crippen LogP contribution in [-0.4, -0.2) is 67.2 Å². The first-order chi connectivity index (χ1) is 18.0. The monoisotopic (exact) mass is 539 g/mol. The highest BCUT2D eigenvalue weighted by atomic mass is 35.5. The number of aliphatic imine (C=N–C) groups is 1. The molecule has 6 rings (SSSR count). The van der Waals surface area contributed by atoms with Crippen molar-refractivity contribution in [2.45, 2.75) is 32.9 Å². The summed E-state index contributed by atoms with van der Waals surface area (Å²) < 4.78 is 6.81. The Bertz CT molecular complexity index is 1560. The third-order valence-electron chi connectivity index (χ3n) is 5.74. The normalized spacial score (nSPS) is 16.9. The highest BCUT2D eigenvalue weighted by Gasteiger charge is 2.30. The number of carbonyl (C=O) groups excluding carboxylic acids is 2. The van der Waals surface area contributed by atoms with Crippen molar-refractivity contribution in [3.05, 3.63) is 40.3 Å². The van der Waals surface area contributed by atoms with Crippen molar-refractivity contribution >= 4 is 67.8 Å². The number of ether oxygens (including phenoxy) is 1. The maximum absolute atomic E-state index is 12.3. The van der Waals surface area contributed by atoms with E-state index in [1.165, 1.54) is 28.6 Å². The van der Waals surface area contributed by atoms with Gasteiger partial charge in [0.15, 0.2) is 0 Å². The molecule has 1 unspecified atom stereocenters. The van der Waals surface area contributed by atoms with E-state index in [1.54, 1.807) is 12.3 Å². The molecule has 0 bridgehead atoms. The second-order valence-electron chi connectivity index (χ2n) is 7.95. The molecule has 4 aromatic rings. The summed E-state index contributed by atoms with van der Waals surface area (Å²) in [5, 5.41) is 13.8. The standard InChI is InChI=1S/C22H16ClN7O4S.C2H6/c23-22-27-7-10(9-30-6-3-12(31)21(30)33)20(29-22)34-14-8-26-16-11(28-14)1-2-13-15(16)17-18(35-13)19(32)25-5-4-24-17;1-2/h1-2,5,7-8,12,24,31H,3-4,6,9H2;1-2H3. The number of nitrogens with zero attached hydrogens (tertiary/aromatic N) is 6. The summed E-state index contributed by atoms with van der Waals surface area (Å²) in [7, 11) is 0. The number of rotatable bonds is 4. The average Bonchev–Trinajstić information content (AvgIpc) is 3.38. The molecule has 13 heteroatoms. The number of aliphatic hydroxyl groups excluding tert-OH is 1. The second-order valence-corrected chi connectivity index (χ2v) is 9.34. The van der Waals surface area contributed by atoms with E-state index in [4.69, 9.17) is 16.3 Å². The van der Waals surface area contributed by atoms with Crippen LogP contribution in [0.15, 0.2) is 29.5 Å². The number of benzene rings is 1. The van der Waals surface area contributed by atoms with Gasteiger partial charge in [-0.3, -0.25) is 9.59 Å². The van der Waals surface area contributed by atoms with Crippen molar-refractivity contribution in [2.75, 3.05) is 18.4 Å². The summed E-state index contributed by atoms with van der Waals surface area (Å²) in [6.07, 6.45) is 3.86. The van der Waals surface area contributed by atoms with Crippen LogP contribution in [0.1, 0.15) is 35.5 Å². The number of fused-ring (bicyclic) bond motifs is 5. The highest BCUT2D eigenvalue weighted by Crippen LogP contribution is 2.40. The zero-order valence-electron chi connectivity index (χ0n) is 19.9. The van der Waals surface area contributed by atoms with Crippen LogP contribution in [0.3, 0.4) is 0 Å². The maximum atomic E-state index is 12.3. The molecule has 11 nitrogen and oxygen atoms in total. The molecule has 1 aromatic carbocycles. The molecule has 1 atom stereocenters. The Kier molecular flexibility index (Phi) is 6.96. The first-order valence-corrected chi connectivity index (χ1v) is 12.9. The van der Waals surface area contributed by atoms with Gasteiger partial charge >= 0.3 is 0 Å². The number of hydrogen-bond acceptors (Lipinski definition) is 10. The number of aromatic nitrogens is 4. The lowest BCUT2D eigenvalue weighted by molar-refractivity contribution is -0.134. The van der Waals surface area contributed by atoms with Crippen LogP contribution in [0.4, 0.5) is 5.69 Å². The quantitative estimate of drug-likeness (QED) is 0.370. The summed E-state index contributed by atoms with van der Waals surface area (Å²) in [5.41, 5.74) is 2.39. The predicted octanol–water partition coefficient (Wildman–Crippen LogP) is 3.84. The van der Waals surface area contributed by atoms with Crippen LogP contribution >= 0.6 is 22.9 Å². The summed E-state index contributed by atoms with van der Waals surface area (Å²) in [4.78, 5) is 47.7. The number of amides is 2. The number of halogens is 1. The number of hydrogen-bond donors (Lipinski definition) is 2. The number of thiophene rings is 1. The van der Waals surface area contributed by atoms with Gasteiger partial charge in [0.2, 0.25) is 17.0 Å². The summed E-state index contributed by atoms with van der Waals surface area (Å²) in [5.74, 6) is -0.325. The van der Waals surface area contributed by atoms with Crippen LogP contribution < -0.4 is 10.1 Å². The fourth-order valence-corrected chi connectivity index (χ4v) is 5.30. The highest BCUT2D eigenvalue weighted by molar-refractivity contribution is 7.21. The molecule has 0 aliphatic carbocycles. The van der Waals surface area contributed by atoms with Crippen molar-refractivity contribution in [1.29, 1.82) is 0 Å². The number of anilines is 1. The van der Waals surface area contributed by atoms with E-state index in [-0.39, 0.29) is 35.4 Å². The van der Waals surface area contributed by atoms with Gasteiger partial charge in [0.25, 0.3) is 11.8 Å². The Labute approximate surface area is 220 Å². The topological polar surface area (TPSA) is 143 Å². The number of nitrogens with one attached hydrogen (secondary N) is 1. The molecule has 2 aliphatic rings. The molecule has 0 saturated carbocycles. The van der Waals surface area contributed by atoms with Crippen molar-refractivity contribution < 1.29 is 19.4 Å². The Morgan fingerprint density at radius 3 is 2.84 bits per heavy atom. The molecular formula is C24H22ClN7O4S. The van der Waals surface area contributed by atoms with Crippen LogP contribution in [-0.2, 0) is 11.3 Å². The van der Waals surface area contributed by atoms with Crippen molar-refractivity contribution in [3.8, 4) is 11.8 Å². The fraction of sp³-hybridized carbons (Fsp3) is 0.292. The molecule has 2 aliphatic heterocycles. The predicted molar refractivity (Wildman–Crippen MR) is 141 cm³/mol. The summed E-state index contributed by atoms with van der Waals surface area (Å²) >= 11 is 7.34. The van der Waals surface area contributed by atoms with E-state index in [2.05, 4.69) is 30.2 Å². The van der Waals surface area contributed by atoms with Crippen molar-refractivity contribution in [2.24, 2.45) is 4.99 Å². The number of aliphatic hydroxyl groups is 1. The SMILES string of the molecule is CC.O=C1N=CCNc2c1sc1ccc3nc(Oc4nc(Cl)ncc4CN4CCC(O)C4=O)cnc3c21. The molecule has 0 spiro atoms. The van der Waals surface area contributed by atoms with Gasteiger partial charge in [-0.2, -0.15) is 4.98 Å². The average molecular weight is 540 g/mol. The van der Waals surface area contributed by atoms with Gasteiger partial charge in [-0.1, -0.05) is 13.8 Å². The van der Waals surface area contributed by atoms with Gasteiger partial charge in [-0.05, 0) is 30.2 Å². The number of likely N-dealkylation sites (tertiary alicyclic amines) is 1.